The van der Waals surface area contributed by atoms with Crippen LogP contribution in [0.15, 0.2) is 48.5 Å². The van der Waals surface area contributed by atoms with Crippen LogP contribution in [0.25, 0.3) is 0 Å². The van der Waals surface area contributed by atoms with Crippen LogP contribution in [0.2, 0.25) is 0 Å². The second-order valence-corrected chi connectivity index (χ2v) is 4.57. The molecule has 0 radical (unpaired) electrons. The van der Waals surface area contributed by atoms with Crippen LogP contribution in [0.1, 0.15) is 24.5 Å². The number of ether oxygens (including phenoxy) is 1. The van der Waals surface area contributed by atoms with Crippen LogP contribution in [-0.2, 0) is 13.0 Å². The molecule has 0 aromatic heterocycles. The summed E-state index contributed by atoms with van der Waals surface area (Å²) >= 11 is 0. The van der Waals surface area contributed by atoms with E-state index in [2.05, 4.69) is 42.6 Å². The van der Waals surface area contributed by atoms with Crippen LogP contribution in [0.5, 0.6) is 5.75 Å². The van der Waals surface area contributed by atoms with Crippen molar-refractivity contribution in [2.45, 2.75) is 26.3 Å². The summed E-state index contributed by atoms with van der Waals surface area (Å²) < 4.78 is 5.37. The number of hydrogen-bond acceptors (Lipinski definition) is 2. The van der Waals surface area contributed by atoms with Crippen molar-refractivity contribution < 1.29 is 4.74 Å². The molecule has 0 saturated carbocycles. The average molecular weight is 255 g/mol. The Labute approximate surface area is 115 Å². The number of methoxy groups -OCH3 is 1. The minimum Gasteiger partial charge on any atom is -0.496 e. The first-order valence-corrected chi connectivity index (χ1v) is 6.78. The first-order chi connectivity index (χ1) is 9.35. The van der Waals surface area contributed by atoms with Crippen LogP contribution in [0.4, 0.5) is 5.69 Å². The highest BCUT2D eigenvalue weighted by molar-refractivity contribution is 5.52. The Kier molecular flexibility index (Phi) is 4.85. The van der Waals surface area contributed by atoms with Gasteiger partial charge in [-0.15, -0.1) is 0 Å². The van der Waals surface area contributed by atoms with Gasteiger partial charge in [-0.1, -0.05) is 49.7 Å². The molecule has 2 nitrogen and oxygen atoms in total. The molecule has 0 aliphatic rings. The number of nitrogens with one attached hydrogen (secondary N) is 1. The standard InChI is InChI=1S/C17H21NO/c1-3-8-14-9-4-6-11-16(14)18-13-15-10-5-7-12-17(15)19-2/h4-7,9-12,18H,3,8,13H2,1-2H3. The highest BCUT2D eigenvalue weighted by Gasteiger charge is 2.03. The molecule has 0 saturated heterocycles. The summed E-state index contributed by atoms with van der Waals surface area (Å²) in [4.78, 5) is 0. The molecule has 1 N–H and O–H groups in total. The zero-order valence-electron chi connectivity index (χ0n) is 11.6. The second-order valence-electron chi connectivity index (χ2n) is 4.57. The largest absolute Gasteiger partial charge is 0.496 e. The van der Waals surface area contributed by atoms with Gasteiger partial charge >= 0.3 is 0 Å². The van der Waals surface area contributed by atoms with Crippen LogP contribution in [-0.4, -0.2) is 7.11 Å². The van der Waals surface area contributed by atoms with E-state index < -0.39 is 0 Å². The first-order valence-electron chi connectivity index (χ1n) is 6.78. The maximum Gasteiger partial charge on any atom is 0.123 e. The number of benzene rings is 2. The van der Waals surface area contributed by atoms with E-state index in [9.17, 15) is 0 Å². The van der Waals surface area contributed by atoms with E-state index in [0.29, 0.717) is 0 Å². The van der Waals surface area contributed by atoms with Gasteiger partial charge in [-0.3, -0.25) is 0 Å². The molecule has 2 aromatic rings. The summed E-state index contributed by atoms with van der Waals surface area (Å²) in [5.74, 6) is 0.933. The molecule has 2 rings (SSSR count). The van der Waals surface area contributed by atoms with Gasteiger partial charge in [-0.2, -0.15) is 0 Å². The van der Waals surface area contributed by atoms with Gasteiger partial charge in [0.05, 0.1) is 7.11 Å². The molecule has 0 fully saturated rings. The predicted octanol–water partition coefficient (Wildman–Crippen LogP) is 4.26. The summed E-state index contributed by atoms with van der Waals surface area (Å²) in [6, 6.07) is 16.6. The van der Waals surface area contributed by atoms with Gasteiger partial charge in [0, 0.05) is 17.8 Å². The third-order valence-electron chi connectivity index (χ3n) is 3.20. The van der Waals surface area contributed by atoms with Crippen molar-refractivity contribution in [2.75, 3.05) is 12.4 Å². The number of para-hydroxylation sites is 2. The third-order valence-corrected chi connectivity index (χ3v) is 3.20. The van der Waals surface area contributed by atoms with Gasteiger partial charge in [0.25, 0.3) is 0 Å². The fourth-order valence-corrected chi connectivity index (χ4v) is 2.22. The molecule has 0 aliphatic carbocycles. The van der Waals surface area contributed by atoms with Crippen molar-refractivity contribution in [1.29, 1.82) is 0 Å². The molecule has 19 heavy (non-hydrogen) atoms. The lowest BCUT2D eigenvalue weighted by Crippen LogP contribution is -2.03. The molecule has 0 heterocycles. The van der Waals surface area contributed by atoms with Crippen molar-refractivity contribution in [3.63, 3.8) is 0 Å². The lowest BCUT2D eigenvalue weighted by molar-refractivity contribution is 0.410. The van der Waals surface area contributed by atoms with E-state index in [1.807, 2.05) is 18.2 Å². The lowest BCUT2D eigenvalue weighted by atomic mass is 10.1. The van der Waals surface area contributed by atoms with Crippen LogP contribution >= 0.6 is 0 Å². The van der Waals surface area contributed by atoms with Gasteiger partial charge in [-0.25, -0.2) is 0 Å². The molecular formula is C17H21NO. The van der Waals surface area contributed by atoms with E-state index in [0.717, 1.165) is 25.1 Å². The molecule has 0 aliphatic heterocycles. The quantitative estimate of drug-likeness (QED) is 0.832. The molecule has 0 amide bonds. The molecule has 100 valence electrons. The topological polar surface area (TPSA) is 21.3 Å². The summed E-state index contributed by atoms with van der Waals surface area (Å²) in [6.45, 7) is 2.99. The normalized spacial score (nSPS) is 10.2. The lowest BCUT2D eigenvalue weighted by Gasteiger charge is -2.13. The van der Waals surface area contributed by atoms with Crippen molar-refractivity contribution in [2.24, 2.45) is 0 Å². The van der Waals surface area contributed by atoms with E-state index >= 15 is 0 Å². The maximum atomic E-state index is 5.37. The summed E-state index contributed by atoms with van der Waals surface area (Å²) in [5, 5.41) is 3.51. The minimum atomic E-state index is 0.782. The summed E-state index contributed by atoms with van der Waals surface area (Å²) in [7, 11) is 1.71. The zero-order valence-corrected chi connectivity index (χ0v) is 11.6. The Balaban J connectivity index is 2.10. The van der Waals surface area contributed by atoms with Gasteiger partial charge in [0.15, 0.2) is 0 Å². The first kappa shape index (κ1) is 13.5. The van der Waals surface area contributed by atoms with Crippen molar-refractivity contribution in [3.8, 4) is 5.75 Å². The van der Waals surface area contributed by atoms with Crippen LogP contribution in [0.3, 0.4) is 0 Å². The van der Waals surface area contributed by atoms with Gasteiger partial charge < -0.3 is 10.1 Å². The fraction of sp³-hybridized carbons (Fsp3) is 0.294. The Morgan fingerprint density at radius 3 is 2.37 bits per heavy atom. The molecule has 0 atom stereocenters. The van der Waals surface area contributed by atoms with Crippen molar-refractivity contribution in [3.05, 3.63) is 59.7 Å². The van der Waals surface area contributed by atoms with E-state index in [1.54, 1.807) is 7.11 Å². The highest BCUT2D eigenvalue weighted by atomic mass is 16.5. The Bertz CT molecular complexity index is 522. The number of rotatable bonds is 6. The number of anilines is 1. The van der Waals surface area contributed by atoms with E-state index in [1.165, 1.54) is 16.8 Å². The Morgan fingerprint density at radius 2 is 1.63 bits per heavy atom. The molecule has 0 unspecified atom stereocenters. The number of hydrogen-bond donors (Lipinski definition) is 1. The summed E-state index contributed by atoms with van der Waals surface area (Å²) in [5.41, 5.74) is 3.77. The fourth-order valence-electron chi connectivity index (χ4n) is 2.22. The van der Waals surface area contributed by atoms with E-state index in [4.69, 9.17) is 4.74 Å². The number of aryl methyl sites for hydroxylation is 1. The van der Waals surface area contributed by atoms with Gasteiger partial charge in [0.1, 0.15) is 5.75 Å². The third kappa shape index (κ3) is 3.50. The van der Waals surface area contributed by atoms with Crippen molar-refractivity contribution in [1.82, 2.24) is 0 Å². The van der Waals surface area contributed by atoms with Gasteiger partial charge in [-0.05, 0) is 24.1 Å². The SMILES string of the molecule is CCCc1ccccc1NCc1ccccc1OC. The molecule has 0 spiro atoms. The average Bonchev–Trinajstić information content (AvgIpc) is 2.47. The second kappa shape index (κ2) is 6.83. The maximum absolute atomic E-state index is 5.37. The predicted molar refractivity (Wildman–Crippen MR) is 80.8 cm³/mol. The minimum absolute atomic E-state index is 0.782. The van der Waals surface area contributed by atoms with Crippen LogP contribution < -0.4 is 10.1 Å². The Morgan fingerprint density at radius 1 is 0.947 bits per heavy atom. The van der Waals surface area contributed by atoms with Crippen LogP contribution in [0, 0.1) is 0 Å². The highest BCUT2D eigenvalue weighted by Crippen LogP contribution is 2.21. The van der Waals surface area contributed by atoms with Gasteiger partial charge in [0.2, 0.25) is 0 Å². The monoisotopic (exact) mass is 255 g/mol. The van der Waals surface area contributed by atoms with Crippen molar-refractivity contribution >= 4 is 5.69 Å². The smallest absolute Gasteiger partial charge is 0.123 e. The molecule has 2 aromatic carbocycles. The molecule has 2 heteroatoms. The molecular weight excluding hydrogens is 234 g/mol. The van der Waals surface area contributed by atoms with E-state index in [-0.39, 0.29) is 0 Å². The molecule has 0 bridgehead atoms. The zero-order chi connectivity index (χ0) is 13.5. The Hall–Kier alpha value is -1.96. The summed E-state index contributed by atoms with van der Waals surface area (Å²) in [6.07, 6.45) is 2.27.